The predicted octanol–water partition coefficient (Wildman–Crippen LogP) is 3.96. The summed E-state index contributed by atoms with van der Waals surface area (Å²) in [6.45, 7) is 0.275. The van der Waals surface area contributed by atoms with E-state index in [1.54, 1.807) is 18.2 Å². The van der Waals surface area contributed by atoms with Crippen molar-refractivity contribution >= 4 is 23.6 Å². The Morgan fingerprint density at radius 3 is 2.69 bits per heavy atom. The molecule has 1 aromatic heterocycles. The molecular formula is C27H26N4O5. The van der Waals surface area contributed by atoms with Gasteiger partial charge in [0.15, 0.2) is 17.2 Å². The summed E-state index contributed by atoms with van der Waals surface area (Å²) in [5.74, 6) is -0.109. The highest BCUT2D eigenvalue weighted by molar-refractivity contribution is 5.87. The van der Waals surface area contributed by atoms with Gasteiger partial charge in [0.05, 0.1) is 0 Å². The van der Waals surface area contributed by atoms with E-state index in [9.17, 15) is 14.7 Å². The van der Waals surface area contributed by atoms with Gasteiger partial charge in [-0.25, -0.2) is 0 Å². The number of aryl methyl sites for hydroxylation is 1. The van der Waals surface area contributed by atoms with Crippen molar-refractivity contribution in [3.05, 3.63) is 77.5 Å². The van der Waals surface area contributed by atoms with Crippen LogP contribution in [0.15, 0.2) is 70.9 Å². The number of hydrogen-bond donors (Lipinski definition) is 2. The van der Waals surface area contributed by atoms with E-state index >= 15 is 0 Å². The zero-order valence-electron chi connectivity index (χ0n) is 19.6. The molecule has 0 fully saturated rings. The van der Waals surface area contributed by atoms with E-state index in [1.165, 1.54) is 0 Å². The molecule has 9 nitrogen and oxygen atoms in total. The second-order valence-corrected chi connectivity index (χ2v) is 8.54. The second kappa shape index (κ2) is 10.5. The van der Waals surface area contributed by atoms with Crippen molar-refractivity contribution in [3.8, 4) is 17.4 Å². The number of aromatic hydroxyl groups is 1. The average Bonchev–Trinajstić information content (AvgIpc) is 3.19. The Balaban J connectivity index is 1.22. The molecule has 2 heterocycles. The quantitative estimate of drug-likeness (QED) is 0.491. The number of azo groups is 1. The van der Waals surface area contributed by atoms with E-state index in [0.29, 0.717) is 18.0 Å². The third kappa shape index (κ3) is 5.00. The number of amides is 2. The molecule has 1 unspecified atom stereocenters. The first-order valence-electron chi connectivity index (χ1n) is 11.9. The molecule has 9 heteroatoms. The lowest BCUT2D eigenvalue weighted by Crippen LogP contribution is -2.45. The van der Waals surface area contributed by atoms with Gasteiger partial charge >= 0.3 is 0 Å². The van der Waals surface area contributed by atoms with Crippen LogP contribution in [0.5, 0.6) is 17.4 Å². The summed E-state index contributed by atoms with van der Waals surface area (Å²) < 4.78 is 13.0. The fourth-order valence-electron chi connectivity index (χ4n) is 4.32. The second-order valence-electron chi connectivity index (χ2n) is 8.54. The van der Waals surface area contributed by atoms with Crippen molar-refractivity contribution in [1.82, 2.24) is 9.88 Å². The average molecular weight is 487 g/mol. The summed E-state index contributed by atoms with van der Waals surface area (Å²) in [6.07, 6.45) is 5.41. The highest BCUT2D eigenvalue weighted by Gasteiger charge is 2.27. The van der Waals surface area contributed by atoms with Crippen LogP contribution in [0.25, 0.3) is 6.08 Å². The van der Waals surface area contributed by atoms with Crippen LogP contribution in [0.2, 0.25) is 0 Å². The van der Waals surface area contributed by atoms with Crippen LogP contribution in [0.4, 0.5) is 5.69 Å². The molecule has 0 bridgehead atoms. The van der Waals surface area contributed by atoms with Gasteiger partial charge in [0, 0.05) is 17.8 Å². The lowest BCUT2D eigenvalue weighted by atomic mass is 10.0. The number of benzene rings is 2. The third-order valence-electron chi connectivity index (χ3n) is 6.13. The number of para-hydroxylation sites is 2. The zero-order chi connectivity index (χ0) is 24.9. The fraction of sp³-hybridized carbons (Fsp3) is 0.259. The molecule has 2 aromatic carbocycles. The van der Waals surface area contributed by atoms with Crippen molar-refractivity contribution in [2.45, 2.75) is 31.9 Å². The molecule has 0 saturated carbocycles. The van der Waals surface area contributed by atoms with Gasteiger partial charge < -0.3 is 24.5 Å². The number of nitrogens with zero attached hydrogens (tertiary/aromatic N) is 3. The molecule has 2 amide bonds. The summed E-state index contributed by atoms with van der Waals surface area (Å²) in [7, 11) is 0. The fourth-order valence-corrected chi connectivity index (χ4v) is 4.32. The lowest BCUT2D eigenvalue weighted by molar-refractivity contribution is -0.132. The van der Waals surface area contributed by atoms with E-state index in [0.717, 1.165) is 36.1 Å². The molecule has 1 aliphatic carbocycles. The number of fused-ring (bicyclic) bond motifs is 2. The number of carbonyl (C=O) groups is 2. The van der Waals surface area contributed by atoms with Gasteiger partial charge in [-0.2, -0.15) is 0 Å². The van der Waals surface area contributed by atoms with Gasteiger partial charge in [-0.3, -0.25) is 9.59 Å². The Bertz CT molecular complexity index is 1330. The lowest BCUT2D eigenvalue weighted by Gasteiger charge is -2.25. The highest BCUT2D eigenvalue weighted by atomic mass is 16.6. The van der Waals surface area contributed by atoms with Crippen LogP contribution in [-0.2, 0) is 29.0 Å². The number of carbonyl (C=O) groups excluding carboxylic acids is 2. The van der Waals surface area contributed by atoms with E-state index in [4.69, 9.17) is 9.47 Å². The number of aromatic nitrogens is 1. The molecule has 184 valence electrons. The molecule has 1 atom stereocenters. The van der Waals surface area contributed by atoms with Crippen molar-refractivity contribution in [1.29, 1.82) is 0 Å². The summed E-state index contributed by atoms with van der Waals surface area (Å²) in [5.41, 5.74) is 3.15. The Morgan fingerprint density at radius 1 is 1.08 bits per heavy atom. The first-order chi connectivity index (χ1) is 17.6. The van der Waals surface area contributed by atoms with Crippen LogP contribution in [-0.4, -0.2) is 40.7 Å². The van der Waals surface area contributed by atoms with Crippen molar-refractivity contribution in [2.24, 2.45) is 10.2 Å². The van der Waals surface area contributed by atoms with Gasteiger partial charge in [-0.05, 0) is 37.0 Å². The molecule has 2 aliphatic rings. The Kier molecular flexibility index (Phi) is 6.79. The van der Waals surface area contributed by atoms with Crippen molar-refractivity contribution in [3.63, 3.8) is 0 Å². The summed E-state index contributed by atoms with van der Waals surface area (Å²) in [5, 5.41) is 21.2. The van der Waals surface area contributed by atoms with Gasteiger partial charge in [0.2, 0.25) is 12.0 Å². The van der Waals surface area contributed by atoms with Crippen LogP contribution < -0.4 is 14.8 Å². The van der Waals surface area contributed by atoms with Crippen molar-refractivity contribution < 1.29 is 24.2 Å². The summed E-state index contributed by atoms with van der Waals surface area (Å²) in [4.78, 5) is 24.8. The number of rotatable bonds is 7. The van der Waals surface area contributed by atoms with Gasteiger partial charge in [-0.15, -0.1) is 10.2 Å². The number of ether oxygens (including phenoxy) is 2. The van der Waals surface area contributed by atoms with Crippen LogP contribution in [0, 0.1) is 0 Å². The smallest absolute Gasteiger partial charge is 0.283 e. The molecule has 0 spiro atoms. The molecule has 0 radical (unpaired) electrons. The maximum atomic E-state index is 12.4. The molecular weight excluding hydrogens is 460 g/mol. The summed E-state index contributed by atoms with van der Waals surface area (Å²) >= 11 is 0. The van der Waals surface area contributed by atoms with E-state index in [1.807, 2.05) is 53.1 Å². The number of hydrogen-bond acceptors (Lipinski definition) is 6. The van der Waals surface area contributed by atoms with Crippen LogP contribution in [0.1, 0.15) is 23.2 Å². The van der Waals surface area contributed by atoms with Crippen LogP contribution >= 0.6 is 0 Å². The largest absolute Gasteiger partial charge is 0.493 e. The monoisotopic (exact) mass is 486 g/mol. The minimum Gasteiger partial charge on any atom is -0.493 e. The Hall–Kier alpha value is -4.40. The first kappa shape index (κ1) is 23.3. The molecule has 5 rings (SSSR count). The normalized spacial score (nSPS) is 16.1. The predicted molar refractivity (Wildman–Crippen MR) is 132 cm³/mol. The molecule has 1 aliphatic heterocycles. The highest BCUT2D eigenvalue weighted by Crippen LogP contribution is 2.40. The molecule has 0 saturated heterocycles. The topological polar surface area (TPSA) is 115 Å². The van der Waals surface area contributed by atoms with E-state index in [-0.39, 0.29) is 24.7 Å². The van der Waals surface area contributed by atoms with Crippen molar-refractivity contribution in [2.75, 3.05) is 13.2 Å². The Labute approximate surface area is 208 Å². The molecule has 2 N–H and O–H groups in total. The third-order valence-corrected chi connectivity index (χ3v) is 6.13. The van der Waals surface area contributed by atoms with Gasteiger partial charge in [-0.1, -0.05) is 54.6 Å². The number of allylic oxidation sites excluding steroid dienone is 1. The summed E-state index contributed by atoms with van der Waals surface area (Å²) in [6, 6.07) is 17.1. The molecule has 36 heavy (non-hydrogen) atoms. The van der Waals surface area contributed by atoms with E-state index in [2.05, 4.69) is 15.5 Å². The zero-order valence-corrected chi connectivity index (χ0v) is 19.6. The SMILES string of the molecule is O=C(CNC(=O)C1COc2ccccc2O1)N=Nc1c2c(n(CCc3ccccc3)c1O)CCC=C2. The maximum absolute atomic E-state index is 12.4. The van der Waals surface area contributed by atoms with Gasteiger partial charge in [0.25, 0.3) is 11.8 Å². The standard InChI is InChI=1S/C27H26N4O5/c32-24(16-28-26(33)23-17-35-21-12-6-7-13-22(21)36-23)29-30-25-19-10-4-5-11-20(19)31(27(25)34)15-14-18-8-2-1-3-9-18/h1-4,6-10,12-13,23,34H,5,11,14-17H2,(H,28,33). The van der Waals surface area contributed by atoms with Crippen LogP contribution in [0.3, 0.4) is 0 Å². The molecule has 3 aromatic rings. The minimum atomic E-state index is -0.871. The minimum absolute atomic E-state index is 0.0190. The van der Waals surface area contributed by atoms with Gasteiger partial charge in [0.1, 0.15) is 13.2 Å². The number of nitrogens with one attached hydrogen (secondary N) is 1. The van der Waals surface area contributed by atoms with E-state index < -0.39 is 17.9 Å². The maximum Gasteiger partial charge on any atom is 0.283 e. The first-order valence-corrected chi connectivity index (χ1v) is 11.9. The Morgan fingerprint density at radius 2 is 1.86 bits per heavy atom.